The second-order valence-corrected chi connectivity index (χ2v) is 8.94. The molecule has 0 spiro atoms. The summed E-state index contributed by atoms with van der Waals surface area (Å²) >= 11 is 0. The Kier molecular flexibility index (Phi) is 4.65. The van der Waals surface area contributed by atoms with E-state index in [9.17, 15) is 9.59 Å². The van der Waals surface area contributed by atoms with Crippen molar-refractivity contribution < 1.29 is 9.59 Å². The van der Waals surface area contributed by atoms with Gasteiger partial charge in [-0.3, -0.25) is 9.59 Å². The van der Waals surface area contributed by atoms with Gasteiger partial charge in [0.2, 0.25) is 6.41 Å². The first-order valence-corrected chi connectivity index (χ1v) is 11.9. The van der Waals surface area contributed by atoms with Crippen molar-refractivity contribution in [2.75, 3.05) is 5.32 Å². The SMILES string of the molecule is O=CNc1ccc2nc(-c3cccc4c3-c3ccccc3[C@H]4NC(=O)c3ccnc4[nH]ccc34)[nH]c2c1. The first-order chi connectivity index (χ1) is 18.2. The van der Waals surface area contributed by atoms with Crippen molar-refractivity contribution in [1.29, 1.82) is 0 Å². The lowest BCUT2D eigenvalue weighted by Gasteiger charge is -2.16. The number of H-pyrrole nitrogens is 2. The summed E-state index contributed by atoms with van der Waals surface area (Å²) in [6, 6.07) is 23.0. The van der Waals surface area contributed by atoms with Crippen LogP contribution >= 0.6 is 0 Å². The van der Waals surface area contributed by atoms with Crippen molar-refractivity contribution in [2.45, 2.75) is 6.04 Å². The van der Waals surface area contributed by atoms with Crippen LogP contribution in [-0.2, 0) is 4.79 Å². The number of benzene rings is 3. The van der Waals surface area contributed by atoms with Gasteiger partial charge in [0.15, 0.2) is 0 Å². The highest BCUT2D eigenvalue weighted by atomic mass is 16.1. The van der Waals surface area contributed by atoms with Gasteiger partial charge in [0.1, 0.15) is 11.5 Å². The molecule has 0 radical (unpaired) electrons. The zero-order valence-corrected chi connectivity index (χ0v) is 19.4. The number of hydrogen-bond acceptors (Lipinski definition) is 4. The third-order valence-corrected chi connectivity index (χ3v) is 6.89. The van der Waals surface area contributed by atoms with Gasteiger partial charge in [-0.15, -0.1) is 0 Å². The molecule has 6 aromatic rings. The minimum Gasteiger partial charge on any atom is -0.346 e. The quantitative estimate of drug-likeness (QED) is 0.253. The van der Waals surface area contributed by atoms with E-state index in [2.05, 4.69) is 43.8 Å². The van der Waals surface area contributed by atoms with E-state index in [0.29, 0.717) is 23.3 Å². The molecular formula is C29H20N6O2. The maximum atomic E-state index is 13.5. The minimum atomic E-state index is -0.312. The first-order valence-electron chi connectivity index (χ1n) is 11.9. The Morgan fingerprint density at radius 1 is 0.946 bits per heavy atom. The number of carbonyl (C=O) groups excluding carboxylic acids is 2. The number of amides is 2. The average molecular weight is 485 g/mol. The number of rotatable bonds is 5. The fourth-order valence-electron chi connectivity index (χ4n) is 5.27. The van der Waals surface area contributed by atoms with E-state index in [4.69, 9.17) is 4.98 Å². The molecule has 178 valence electrons. The molecule has 0 bridgehead atoms. The molecule has 0 aliphatic heterocycles. The third kappa shape index (κ3) is 3.30. The number of carbonyl (C=O) groups is 2. The van der Waals surface area contributed by atoms with Crippen LogP contribution in [0.3, 0.4) is 0 Å². The van der Waals surface area contributed by atoms with E-state index < -0.39 is 0 Å². The Bertz CT molecular complexity index is 1850. The third-order valence-electron chi connectivity index (χ3n) is 6.89. The standard InChI is InChI=1S/C29H20N6O2/c36-15-32-16-8-9-23-24(14-16)34-28(33-23)22-7-3-6-21-25(22)17-4-1-2-5-18(17)26(21)35-29(37)20-11-13-31-27-19(20)10-12-30-27/h1-15,26H,(H,30,31)(H,32,36)(H,33,34)(H,35,37)/t26-/m1/s1. The van der Waals surface area contributed by atoms with Crippen LogP contribution in [0.2, 0.25) is 0 Å². The lowest BCUT2D eigenvalue weighted by Crippen LogP contribution is -2.28. The molecule has 1 atom stereocenters. The first kappa shape index (κ1) is 21.1. The van der Waals surface area contributed by atoms with Crippen LogP contribution in [0.5, 0.6) is 0 Å². The molecule has 3 aromatic heterocycles. The van der Waals surface area contributed by atoms with Crippen molar-refractivity contribution in [3.63, 3.8) is 0 Å². The van der Waals surface area contributed by atoms with Crippen molar-refractivity contribution >= 4 is 40.1 Å². The number of aromatic nitrogens is 4. The highest BCUT2D eigenvalue weighted by molar-refractivity contribution is 6.06. The van der Waals surface area contributed by atoms with Crippen LogP contribution in [0.1, 0.15) is 27.5 Å². The molecule has 8 heteroatoms. The number of imidazole rings is 1. The normalized spacial score (nSPS) is 13.9. The van der Waals surface area contributed by atoms with Crippen molar-refractivity contribution in [3.05, 3.63) is 102 Å². The lowest BCUT2D eigenvalue weighted by atomic mass is 9.98. The molecule has 37 heavy (non-hydrogen) atoms. The number of anilines is 1. The molecular weight excluding hydrogens is 464 g/mol. The Labute approximate surface area is 210 Å². The van der Waals surface area contributed by atoms with Gasteiger partial charge in [-0.05, 0) is 52.6 Å². The van der Waals surface area contributed by atoms with Gasteiger partial charge >= 0.3 is 0 Å². The molecule has 3 heterocycles. The smallest absolute Gasteiger partial charge is 0.252 e. The predicted octanol–water partition coefficient (Wildman–Crippen LogP) is 5.17. The number of nitrogens with zero attached hydrogens (tertiary/aromatic N) is 2. The Hall–Kier alpha value is -5.24. The van der Waals surface area contributed by atoms with E-state index in [1.54, 1.807) is 18.5 Å². The monoisotopic (exact) mass is 484 g/mol. The summed E-state index contributed by atoms with van der Waals surface area (Å²) in [5.74, 6) is 0.559. The fraction of sp³-hybridized carbons (Fsp3) is 0.0345. The minimum absolute atomic E-state index is 0.163. The van der Waals surface area contributed by atoms with Gasteiger partial charge in [-0.25, -0.2) is 9.97 Å². The summed E-state index contributed by atoms with van der Waals surface area (Å²) in [6.45, 7) is 0. The van der Waals surface area contributed by atoms with Gasteiger partial charge in [0.25, 0.3) is 5.91 Å². The van der Waals surface area contributed by atoms with Crippen LogP contribution < -0.4 is 10.6 Å². The van der Waals surface area contributed by atoms with Crippen molar-refractivity contribution in [1.82, 2.24) is 25.3 Å². The summed E-state index contributed by atoms with van der Waals surface area (Å²) in [6.07, 6.45) is 4.08. The van der Waals surface area contributed by atoms with Crippen LogP contribution in [-0.4, -0.2) is 32.3 Å². The highest BCUT2D eigenvalue weighted by Gasteiger charge is 2.32. The zero-order chi connectivity index (χ0) is 24.9. The molecule has 0 fully saturated rings. The maximum Gasteiger partial charge on any atom is 0.252 e. The Morgan fingerprint density at radius 3 is 2.73 bits per heavy atom. The molecule has 0 saturated carbocycles. The Balaban J connectivity index is 1.33. The van der Waals surface area contributed by atoms with E-state index in [1.165, 1.54) is 0 Å². The molecule has 8 nitrogen and oxygen atoms in total. The molecule has 1 aliphatic rings. The number of hydrogen-bond donors (Lipinski definition) is 4. The van der Waals surface area contributed by atoms with Crippen molar-refractivity contribution in [2.24, 2.45) is 0 Å². The molecule has 0 unspecified atom stereocenters. The van der Waals surface area contributed by atoms with E-state index in [0.717, 1.165) is 50.1 Å². The predicted molar refractivity (Wildman–Crippen MR) is 142 cm³/mol. The summed E-state index contributed by atoms with van der Waals surface area (Å²) in [4.78, 5) is 39.9. The topological polar surface area (TPSA) is 116 Å². The molecule has 2 amide bonds. The number of fused-ring (bicyclic) bond motifs is 5. The average Bonchev–Trinajstić information content (AvgIpc) is 3.65. The number of pyridine rings is 1. The Morgan fingerprint density at radius 2 is 1.81 bits per heavy atom. The van der Waals surface area contributed by atoms with Crippen LogP contribution in [0, 0.1) is 0 Å². The van der Waals surface area contributed by atoms with Gasteiger partial charge in [-0.2, -0.15) is 0 Å². The molecule has 1 aliphatic carbocycles. The van der Waals surface area contributed by atoms with Crippen LogP contribution in [0.25, 0.3) is 44.6 Å². The van der Waals surface area contributed by atoms with E-state index >= 15 is 0 Å². The highest BCUT2D eigenvalue weighted by Crippen LogP contribution is 2.47. The number of nitrogens with one attached hydrogen (secondary N) is 4. The van der Waals surface area contributed by atoms with Gasteiger partial charge in [0, 0.05) is 29.0 Å². The van der Waals surface area contributed by atoms with Crippen LogP contribution in [0.15, 0.2) is 85.2 Å². The molecule has 7 rings (SSSR count). The zero-order valence-electron chi connectivity index (χ0n) is 19.4. The van der Waals surface area contributed by atoms with Gasteiger partial charge in [0.05, 0.1) is 22.6 Å². The lowest BCUT2D eigenvalue weighted by molar-refractivity contribution is -0.105. The molecule has 0 saturated heterocycles. The summed E-state index contributed by atoms with van der Waals surface area (Å²) < 4.78 is 0. The molecule has 3 aromatic carbocycles. The molecule has 4 N–H and O–H groups in total. The summed E-state index contributed by atoms with van der Waals surface area (Å²) in [5.41, 5.74) is 8.65. The van der Waals surface area contributed by atoms with E-state index in [-0.39, 0.29) is 11.9 Å². The largest absolute Gasteiger partial charge is 0.346 e. The second-order valence-electron chi connectivity index (χ2n) is 8.94. The second kappa shape index (κ2) is 8.17. The summed E-state index contributed by atoms with van der Waals surface area (Å²) in [5, 5.41) is 6.72. The number of aromatic amines is 2. The van der Waals surface area contributed by atoms with Crippen molar-refractivity contribution in [3.8, 4) is 22.5 Å². The van der Waals surface area contributed by atoms with Gasteiger partial charge in [-0.1, -0.05) is 42.5 Å². The fourth-order valence-corrected chi connectivity index (χ4v) is 5.27. The van der Waals surface area contributed by atoms with Gasteiger partial charge < -0.3 is 20.6 Å². The van der Waals surface area contributed by atoms with E-state index in [1.807, 2.05) is 48.5 Å². The summed E-state index contributed by atoms with van der Waals surface area (Å²) in [7, 11) is 0. The maximum absolute atomic E-state index is 13.5. The van der Waals surface area contributed by atoms with Crippen LogP contribution in [0.4, 0.5) is 5.69 Å².